The molecule has 0 aliphatic carbocycles. The molecule has 0 saturated carbocycles. The van der Waals surface area contributed by atoms with Crippen molar-refractivity contribution in [2.75, 3.05) is 0 Å². The van der Waals surface area contributed by atoms with E-state index in [9.17, 15) is 0 Å². The Labute approximate surface area is 85.6 Å². The molecule has 0 amide bonds. The van der Waals surface area contributed by atoms with E-state index in [1.165, 1.54) is 3.57 Å². The van der Waals surface area contributed by atoms with Crippen LogP contribution in [0, 0.1) is 3.57 Å². The van der Waals surface area contributed by atoms with Gasteiger partial charge in [0.1, 0.15) is 0 Å². The van der Waals surface area contributed by atoms with Crippen molar-refractivity contribution in [2.45, 2.75) is 6.61 Å². The molecule has 62 valence electrons. The van der Waals surface area contributed by atoms with Crippen molar-refractivity contribution in [3.05, 3.63) is 33.4 Å². The molecule has 1 aromatic rings. The van der Waals surface area contributed by atoms with Crippen molar-refractivity contribution in [1.29, 1.82) is 0 Å². The lowest BCUT2D eigenvalue weighted by Crippen LogP contribution is -1.98. The van der Waals surface area contributed by atoms with Crippen molar-refractivity contribution < 1.29 is 4.84 Å². The highest BCUT2D eigenvalue weighted by Crippen LogP contribution is 2.07. The van der Waals surface area contributed by atoms with Crippen LogP contribution in [0.2, 0.25) is 0 Å². The van der Waals surface area contributed by atoms with Crippen molar-refractivity contribution in [1.82, 2.24) is 0 Å². The fourth-order valence-corrected chi connectivity index (χ4v) is 1.33. The van der Waals surface area contributed by atoms with Gasteiger partial charge >= 0.3 is 0 Å². The van der Waals surface area contributed by atoms with Crippen molar-refractivity contribution in [3.63, 3.8) is 0 Å². The van der Waals surface area contributed by atoms with Gasteiger partial charge in [-0.05, 0) is 40.3 Å². The molecule has 2 nitrogen and oxygen atoms in total. The lowest BCUT2D eigenvalue weighted by atomic mass is 10.2. The quantitative estimate of drug-likeness (QED) is 0.667. The maximum Gasteiger partial charge on any atom is 0.0930 e. The molecule has 0 bridgehead atoms. The molecule has 4 heteroatoms. The first kappa shape index (κ1) is 11.2. The Morgan fingerprint density at radius 2 is 2.18 bits per heavy atom. The highest BCUT2D eigenvalue weighted by molar-refractivity contribution is 14.1. The van der Waals surface area contributed by atoms with Gasteiger partial charge in [0, 0.05) is 3.57 Å². The smallest absolute Gasteiger partial charge is 0.0930 e. The zero-order chi connectivity index (χ0) is 7.40. The van der Waals surface area contributed by atoms with Crippen molar-refractivity contribution in [2.24, 2.45) is 5.90 Å². The average Bonchev–Trinajstić information content (AvgIpc) is 1.88. The summed E-state index contributed by atoms with van der Waals surface area (Å²) >= 11 is 2.25. The summed E-state index contributed by atoms with van der Waals surface area (Å²) in [4.78, 5) is 4.48. The number of benzene rings is 1. The summed E-state index contributed by atoms with van der Waals surface area (Å²) in [5.74, 6) is 4.91. The van der Waals surface area contributed by atoms with Gasteiger partial charge in [-0.2, -0.15) is 0 Å². The van der Waals surface area contributed by atoms with Crippen LogP contribution in [0.5, 0.6) is 0 Å². The zero-order valence-electron chi connectivity index (χ0n) is 5.79. The Kier molecular flexibility index (Phi) is 5.85. The molecular weight excluding hydrogens is 276 g/mol. The van der Waals surface area contributed by atoms with E-state index in [4.69, 9.17) is 5.90 Å². The van der Waals surface area contributed by atoms with Gasteiger partial charge in [0.05, 0.1) is 6.61 Å². The Bertz CT molecular complexity index is 219. The number of hydrogen-bond acceptors (Lipinski definition) is 2. The second kappa shape index (κ2) is 5.77. The van der Waals surface area contributed by atoms with E-state index in [1.807, 2.05) is 24.3 Å². The summed E-state index contributed by atoms with van der Waals surface area (Å²) in [5, 5.41) is 0. The second-order valence-corrected chi connectivity index (χ2v) is 3.19. The summed E-state index contributed by atoms with van der Waals surface area (Å²) < 4.78 is 1.20. The third kappa shape index (κ3) is 3.91. The molecule has 0 radical (unpaired) electrons. The number of halogens is 2. The standard InChI is InChI=1S/C7H8INO.ClH/c8-7-3-1-2-6(4-7)5-10-9;/h1-4H,5,9H2;1H. The van der Waals surface area contributed by atoms with Crippen LogP contribution in [-0.4, -0.2) is 0 Å². The summed E-state index contributed by atoms with van der Waals surface area (Å²) in [7, 11) is 0. The largest absolute Gasteiger partial charge is 0.300 e. The van der Waals surface area contributed by atoms with Gasteiger partial charge in [0.25, 0.3) is 0 Å². The summed E-state index contributed by atoms with van der Waals surface area (Å²) in [5.41, 5.74) is 1.11. The SMILES string of the molecule is Cl.NOCc1cccc(I)c1. The maximum atomic E-state index is 4.91. The minimum absolute atomic E-state index is 0. The van der Waals surface area contributed by atoms with Gasteiger partial charge in [-0.1, -0.05) is 12.1 Å². The maximum absolute atomic E-state index is 4.91. The highest BCUT2D eigenvalue weighted by Gasteiger charge is 1.90. The molecule has 2 N–H and O–H groups in total. The van der Waals surface area contributed by atoms with Gasteiger partial charge in [0.15, 0.2) is 0 Å². The molecule has 0 fully saturated rings. The molecule has 1 rings (SSSR count). The van der Waals surface area contributed by atoms with Crippen molar-refractivity contribution in [3.8, 4) is 0 Å². The summed E-state index contributed by atoms with van der Waals surface area (Å²) in [6.45, 7) is 0.483. The van der Waals surface area contributed by atoms with Crippen LogP contribution in [0.3, 0.4) is 0 Å². The van der Waals surface area contributed by atoms with Gasteiger partial charge in [-0.3, -0.25) is 4.84 Å². The fourth-order valence-electron chi connectivity index (χ4n) is 0.723. The van der Waals surface area contributed by atoms with E-state index in [2.05, 4.69) is 27.4 Å². The lowest BCUT2D eigenvalue weighted by molar-refractivity contribution is 0.124. The van der Waals surface area contributed by atoms with Crippen LogP contribution < -0.4 is 5.90 Å². The van der Waals surface area contributed by atoms with Gasteiger partial charge in [-0.15, -0.1) is 12.4 Å². The first-order valence-corrected chi connectivity index (χ1v) is 3.97. The fraction of sp³-hybridized carbons (Fsp3) is 0.143. The molecule has 0 unspecified atom stereocenters. The van der Waals surface area contributed by atoms with Crippen molar-refractivity contribution >= 4 is 35.0 Å². The molecule has 0 aliphatic heterocycles. The van der Waals surface area contributed by atoms with Crippen LogP contribution in [0.1, 0.15) is 5.56 Å². The topological polar surface area (TPSA) is 35.2 Å². The Morgan fingerprint density at radius 1 is 1.45 bits per heavy atom. The predicted molar refractivity (Wildman–Crippen MR) is 55.4 cm³/mol. The third-order valence-corrected chi connectivity index (χ3v) is 1.81. The first-order chi connectivity index (χ1) is 4.83. The van der Waals surface area contributed by atoms with Gasteiger partial charge in [0.2, 0.25) is 0 Å². The van der Waals surface area contributed by atoms with E-state index in [0.717, 1.165) is 5.56 Å². The molecule has 0 spiro atoms. The normalized spacial score (nSPS) is 8.91. The van der Waals surface area contributed by atoms with Crippen LogP contribution in [-0.2, 0) is 11.4 Å². The lowest BCUT2D eigenvalue weighted by Gasteiger charge is -1.97. The third-order valence-electron chi connectivity index (χ3n) is 1.14. The van der Waals surface area contributed by atoms with Crippen LogP contribution in [0.25, 0.3) is 0 Å². The number of rotatable bonds is 2. The zero-order valence-corrected chi connectivity index (χ0v) is 8.76. The Hall–Kier alpha value is 0.160. The monoisotopic (exact) mass is 285 g/mol. The van der Waals surface area contributed by atoms with E-state index < -0.39 is 0 Å². The molecule has 0 aliphatic rings. The molecular formula is C7H9ClINO. The summed E-state index contributed by atoms with van der Waals surface area (Å²) in [6.07, 6.45) is 0. The van der Waals surface area contributed by atoms with Gasteiger partial charge < -0.3 is 0 Å². The number of nitrogens with two attached hydrogens (primary N) is 1. The second-order valence-electron chi connectivity index (χ2n) is 1.94. The average molecular weight is 286 g/mol. The molecule has 0 atom stereocenters. The van der Waals surface area contributed by atoms with E-state index in [-0.39, 0.29) is 12.4 Å². The molecule has 0 saturated heterocycles. The van der Waals surface area contributed by atoms with Crippen LogP contribution >= 0.6 is 35.0 Å². The van der Waals surface area contributed by atoms with Crippen LogP contribution in [0.4, 0.5) is 0 Å². The van der Waals surface area contributed by atoms with Gasteiger partial charge in [-0.25, -0.2) is 5.90 Å². The predicted octanol–water partition coefficient (Wildman–Crippen LogP) is 2.10. The highest BCUT2D eigenvalue weighted by atomic mass is 127. The molecule has 0 aromatic heterocycles. The van der Waals surface area contributed by atoms with E-state index >= 15 is 0 Å². The molecule has 1 aromatic carbocycles. The molecule has 11 heavy (non-hydrogen) atoms. The summed E-state index contributed by atoms with van der Waals surface area (Å²) in [6, 6.07) is 8.03. The Morgan fingerprint density at radius 3 is 2.73 bits per heavy atom. The minimum Gasteiger partial charge on any atom is -0.300 e. The van der Waals surface area contributed by atoms with E-state index in [1.54, 1.807) is 0 Å². The molecule has 0 heterocycles. The first-order valence-electron chi connectivity index (χ1n) is 2.89. The number of hydrogen-bond donors (Lipinski definition) is 1. The van der Waals surface area contributed by atoms with E-state index in [0.29, 0.717) is 6.61 Å². The van der Waals surface area contributed by atoms with Crippen LogP contribution in [0.15, 0.2) is 24.3 Å². The Balaban J connectivity index is 0.000001000. The minimum atomic E-state index is 0.